The fourth-order valence-electron chi connectivity index (χ4n) is 1.64. The predicted octanol–water partition coefficient (Wildman–Crippen LogP) is 2.73. The summed E-state index contributed by atoms with van der Waals surface area (Å²) in [7, 11) is 0. The summed E-state index contributed by atoms with van der Waals surface area (Å²) in [6, 6.07) is 8.69. The molecule has 0 heterocycles. The Labute approximate surface area is 96.8 Å². The van der Waals surface area contributed by atoms with Gasteiger partial charge in [0.15, 0.2) is 0 Å². The molecule has 1 atom stereocenters. The second-order valence-electron chi connectivity index (χ2n) is 4.01. The topological polar surface area (TPSA) is 38.0 Å². The summed E-state index contributed by atoms with van der Waals surface area (Å²) in [5, 5.41) is 4.26. The Balaban J connectivity index is 2.78. The molecule has 1 aromatic carbocycles. The van der Waals surface area contributed by atoms with Crippen LogP contribution in [0.15, 0.2) is 24.3 Å². The van der Waals surface area contributed by atoms with Gasteiger partial charge in [0.2, 0.25) is 0 Å². The van der Waals surface area contributed by atoms with Crippen LogP contribution in [0.25, 0.3) is 0 Å². The van der Waals surface area contributed by atoms with Gasteiger partial charge < -0.3 is 11.1 Å². The van der Waals surface area contributed by atoms with E-state index in [-0.39, 0.29) is 0 Å². The number of rotatable bonds is 5. The smallest absolute Gasteiger partial charge is 0.0409 e. The van der Waals surface area contributed by atoms with E-state index in [1.165, 1.54) is 5.56 Å². The second kappa shape index (κ2) is 6.11. The summed E-state index contributed by atoms with van der Waals surface area (Å²) in [6.07, 6.45) is 0.929. The minimum absolute atomic E-state index is 0.300. The van der Waals surface area contributed by atoms with Crippen molar-refractivity contribution in [1.29, 1.82) is 0 Å². The van der Waals surface area contributed by atoms with E-state index in [1.54, 1.807) is 0 Å². The zero-order chi connectivity index (χ0) is 11.3. The lowest BCUT2D eigenvalue weighted by Gasteiger charge is -2.21. The maximum atomic E-state index is 5.97. The average molecular weight is 227 g/mol. The fourth-order valence-corrected chi connectivity index (χ4v) is 1.84. The molecule has 0 amide bonds. The van der Waals surface area contributed by atoms with Crippen molar-refractivity contribution in [3.63, 3.8) is 0 Å². The Bertz CT molecular complexity index is 299. The molecule has 0 radical (unpaired) electrons. The van der Waals surface area contributed by atoms with Crippen LogP contribution in [0.5, 0.6) is 0 Å². The minimum Gasteiger partial charge on any atom is -0.330 e. The third-order valence-corrected chi connectivity index (χ3v) is 2.48. The first kappa shape index (κ1) is 12.5. The van der Waals surface area contributed by atoms with E-state index in [0.29, 0.717) is 18.6 Å². The third kappa shape index (κ3) is 4.20. The molecule has 0 saturated carbocycles. The molecule has 0 aromatic heterocycles. The predicted molar refractivity (Wildman–Crippen MR) is 66.1 cm³/mol. The average Bonchev–Trinajstić information content (AvgIpc) is 2.16. The molecule has 0 spiro atoms. The van der Waals surface area contributed by atoms with Gasteiger partial charge in [-0.1, -0.05) is 37.6 Å². The van der Waals surface area contributed by atoms with Crippen molar-refractivity contribution in [3.8, 4) is 0 Å². The maximum absolute atomic E-state index is 5.97. The molecular weight excluding hydrogens is 208 g/mol. The zero-order valence-electron chi connectivity index (χ0n) is 9.33. The number of benzene rings is 1. The van der Waals surface area contributed by atoms with E-state index in [1.807, 2.05) is 18.2 Å². The molecular formula is C12H19ClN2. The summed E-state index contributed by atoms with van der Waals surface area (Å²) in [4.78, 5) is 0. The standard InChI is InChI=1S/C12H19ClN2/c1-9(2)15-12(6-7-14)10-4-3-5-11(13)8-10/h3-5,8-9,12,15H,6-7,14H2,1-2H3. The molecule has 1 aromatic rings. The lowest BCUT2D eigenvalue weighted by atomic mass is 10.0. The Morgan fingerprint density at radius 1 is 1.40 bits per heavy atom. The van der Waals surface area contributed by atoms with Crippen LogP contribution in [0, 0.1) is 0 Å². The van der Waals surface area contributed by atoms with Crippen LogP contribution in [-0.2, 0) is 0 Å². The highest BCUT2D eigenvalue weighted by Crippen LogP contribution is 2.20. The van der Waals surface area contributed by atoms with Gasteiger partial charge in [-0.3, -0.25) is 0 Å². The lowest BCUT2D eigenvalue weighted by molar-refractivity contribution is 0.457. The number of nitrogens with one attached hydrogen (secondary N) is 1. The van der Waals surface area contributed by atoms with Crippen LogP contribution in [0.2, 0.25) is 5.02 Å². The Morgan fingerprint density at radius 2 is 2.13 bits per heavy atom. The molecule has 0 aliphatic rings. The van der Waals surface area contributed by atoms with Gasteiger partial charge in [0.05, 0.1) is 0 Å². The molecule has 0 fully saturated rings. The van der Waals surface area contributed by atoms with Gasteiger partial charge in [-0.2, -0.15) is 0 Å². The first-order valence-electron chi connectivity index (χ1n) is 5.35. The van der Waals surface area contributed by atoms with Crippen LogP contribution in [-0.4, -0.2) is 12.6 Å². The van der Waals surface area contributed by atoms with Gasteiger partial charge in [0.25, 0.3) is 0 Å². The number of hydrogen-bond acceptors (Lipinski definition) is 2. The fraction of sp³-hybridized carbons (Fsp3) is 0.500. The molecule has 84 valence electrons. The first-order valence-corrected chi connectivity index (χ1v) is 5.73. The molecule has 0 bridgehead atoms. The Morgan fingerprint density at radius 3 is 2.67 bits per heavy atom. The van der Waals surface area contributed by atoms with Crippen molar-refractivity contribution < 1.29 is 0 Å². The third-order valence-electron chi connectivity index (χ3n) is 2.24. The van der Waals surface area contributed by atoms with Crippen molar-refractivity contribution in [2.24, 2.45) is 5.73 Å². The summed E-state index contributed by atoms with van der Waals surface area (Å²) in [6.45, 7) is 4.94. The van der Waals surface area contributed by atoms with Gasteiger partial charge in [0, 0.05) is 17.1 Å². The second-order valence-corrected chi connectivity index (χ2v) is 4.44. The molecule has 0 aliphatic heterocycles. The summed E-state index contributed by atoms with van der Waals surface area (Å²) in [5.74, 6) is 0. The molecule has 1 unspecified atom stereocenters. The van der Waals surface area contributed by atoms with E-state index >= 15 is 0 Å². The lowest BCUT2D eigenvalue weighted by Crippen LogP contribution is -2.29. The maximum Gasteiger partial charge on any atom is 0.0409 e. The van der Waals surface area contributed by atoms with E-state index in [4.69, 9.17) is 17.3 Å². The SMILES string of the molecule is CC(C)NC(CCN)c1cccc(Cl)c1. The van der Waals surface area contributed by atoms with E-state index in [0.717, 1.165) is 11.4 Å². The zero-order valence-corrected chi connectivity index (χ0v) is 10.1. The quantitative estimate of drug-likeness (QED) is 0.810. The largest absolute Gasteiger partial charge is 0.330 e. The van der Waals surface area contributed by atoms with Crippen LogP contribution >= 0.6 is 11.6 Å². The molecule has 3 heteroatoms. The van der Waals surface area contributed by atoms with Gasteiger partial charge in [0.1, 0.15) is 0 Å². The van der Waals surface area contributed by atoms with Crippen molar-refractivity contribution in [2.45, 2.75) is 32.4 Å². The van der Waals surface area contributed by atoms with Crippen LogP contribution in [0.3, 0.4) is 0 Å². The highest BCUT2D eigenvalue weighted by atomic mass is 35.5. The van der Waals surface area contributed by atoms with Crippen molar-refractivity contribution in [2.75, 3.05) is 6.54 Å². The van der Waals surface area contributed by atoms with Gasteiger partial charge in [-0.05, 0) is 30.7 Å². The monoisotopic (exact) mass is 226 g/mol. The highest BCUT2D eigenvalue weighted by Gasteiger charge is 2.11. The highest BCUT2D eigenvalue weighted by molar-refractivity contribution is 6.30. The molecule has 15 heavy (non-hydrogen) atoms. The van der Waals surface area contributed by atoms with Crippen molar-refractivity contribution >= 4 is 11.6 Å². The van der Waals surface area contributed by atoms with Crippen molar-refractivity contribution in [1.82, 2.24) is 5.32 Å². The first-order chi connectivity index (χ1) is 7.13. The summed E-state index contributed by atoms with van der Waals surface area (Å²) < 4.78 is 0. The van der Waals surface area contributed by atoms with Crippen molar-refractivity contribution in [3.05, 3.63) is 34.9 Å². The normalized spacial score (nSPS) is 13.1. The molecule has 0 saturated heterocycles. The van der Waals surface area contributed by atoms with E-state index in [2.05, 4.69) is 25.2 Å². The van der Waals surface area contributed by atoms with Gasteiger partial charge in [-0.15, -0.1) is 0 Å². The number of hydrogen-bond donors (Lipinski definition) is 2. The van der Waals surface area contributed by atoms with Gasteiger partial charge >= 0.3 is 0 Å². The molecule has 2 nitrogen and oxygen atoms in total. The summed E-state index contributed by atoms with van der Waals surface area (Å²) in [5.41, 5.74) is 6.82. The molecule has 3 N–H and O–H groups in total. The van der Waals surface area contributed by atoms with Gasteiger partial charge in [-0.25, -0.2) is 0 Å². The van der Waals surface area contributed by atoms with Crippen LogP contribution < -0.4 is 11.1 Å². The Kier molecular flexibility index (Phi) is 5.09. The van der Waals surface area contributed by atoms with E-state index < -0.39 is 0 Å². The number of halogens is 1. The summed E-state index contributed by atoms with van der Waals surface area (Å²) >= 11 is 5.97. The molecule has 0 aliphatic carbocycles. The minimum atomic E-state index is 0.300. The molecule has 1 rings (SSSR count). The van der Waals surface area contributed by atoms with Crippen LogP contribution in [0.1, 0.15) is 31.9 Å². The Hall–Kier alpha value is -0.570. The van der Waals surface area contributed by atoms with E-state index in [9.17, 15) is 0 Å². The number of nitrogens with two attached hydrogens (primary N) is 1. The van der Waals surface area contributed by atoms with Crippen LogP contribution in [0.4, 0.5) is 0 Å².